The molecule has 130 valence electrons. The number of ether oxygens (including phenoxy) is 1. The predicted molar refractivity (Wildman–Crippen MR) is 84.3 cm³/mol. The lowest BCUT2D eigenvalue weighted by atomic mass is 9.84. The Hall–Kier alpha value is -0.473. The van der Waals surface area contributed by atoms with Crippen LogP contribution in [0.3, 0.4) is 0 Å². The van der Waals surface area contributed by atoms with Crippen molar-refractivity contribution in [1.82, 2.24) is 0 Å². The molecule has 0 aromatic rings. The van der Waals surface area contributed by atoms with Gasteiger partial charge >= 0.3 is 14.8 Å². The molecule has 0 radical (unpaired) electrons. The zero-order valence-corrected chi connectivity index (χ0v) is 15.3. The predicted octanol–water partition coefficient (Wildman–Crippen LogP) is 1.98. The van der Waals surface area contributed by atoms with E-state index in [1.807, 2.05) is 0 Å². The molecule has 1 aliphatic carbocycles. The lowest BCUT2D eigenvalue weighted by Crippen LogP contribution is -2.44. The quantitative estimate of drug-likeness (QED) is 0.540. The van der Waals surface area contributed by atoms with Crippen LogP contribution in [0.25, 0.3) is 0 Å². The highest BCUT2D eigenvalue weighted by Gasteiger charge is 2.39. The van der Waals surface area contributed by atoms with Gasteiger partial charge in [-0.15, -0.1) is 0 Å². The van der Waals surface area contributed by atoms with Crippen LogP contribution in [0.15, 0.2) is 0 Å². The van der Waals surface area contributed by atoms with Crippen LogP contribution in [0.5, 0.6) is 0 Å². The lowest BCUT2D eigenvalue weighted by molar-refractivity contribution is -0.162. The highest BCUT2D eigenvalue weighted by Crippen LogP contribution is 2.32. The molecule has 0 spiro atoms. The molecule has 6 nitrogen and oxygen atoms in total. The summed E-state index contributed by atoms with van der Waals surface area (Å²) in [4.78, 5) is 11.6. The van der Waals surface area contributed by atoms with E-state index in [-0.39, 0.29) is 18.0 Å². The first-order chi connectivity index (χ1) is 10.4. The van der Waals surface area contributed by atoms with Crippen LogP contribution in [0, 0.1) is 11.8 Å². The van der Waals surface area contributed by atoms with E-state index in [1.54, 1.807) is 35.2 Å². The summed E-state index contributed by atoms with van der Waals surface area (Å²) in [5, 5.41) is 10.2. The summed E-state index contributed by atoms with van der Waals surface area (Å²) >= 11 is 0. The van der Waals surface area contributed by atoms with Gasteiger partial charge in [-0.1, -0.05) is 13.8 Å². The van der Waals surface area contributed by atoms with Crippen LogP contribution in [0.4, 0.5) is 0 Å². The minimum atomic E-state index is -2.55. The lowest BCUT2D eigenvalue weighted by Gasteiger charge is -2.34. The molecule has 0 amide bonds. The van der Waals surface area contributed by atoms with Crippen molar-refractivity contribution in [1.29, 1.82) is 0 Å². The second-order valence-electron chi connectivity index (χ2n) is 6.21. The van der Waals surface area contributed by atoms with Gasteiger partial charge in [0, 0.05) is 27.4 Å². The molecule has 0 saturated heterocycles. The Morgan fingerprint density at radius 2 is 1.77 bits per heavy atom. The zero-order valence-electron chi connectivity index (χ0n) is 14.3. The van der Waals surface area contributed by atoms with Gasteiger partial charge in [-0.05, 0) is 31.6 Å². The van der Waals surface area contributed by atoms with Crippen LogP contribution in [-0.2, 0) is 22.8 Å². The summed E-state index contributed by atoms with van der Waals surface area (Å²) in [5.74, 6) is -0.0370. The standard InChI is InChI=1S/C15H30O6Si/c1-11(2)15(17)21-14-7-6-12(10-13(14)16)8-9-22(18-3,19-4)20-5/h11-14,16H,6-10H2,1-5H3. The maximum Gasteiger partial charge on any atom is 0.500 e. The van der Waals surface area contributed by atoms with Gasteiger partial charge in [0.05, 0.1) is 12.0 Å². The summed E-state index contributed by atoms with van der Waals surface area (Å²) in [6.07, 6.45) is 2.17. The van der Waals surface area contributed by atoms with Gasteiger partial charge in [0.25, 0.3) is 0 Å². The highest BCUT2D eigenvalue weighted by molar-refractivity contribution is 6.60. The van der Waals surface area contributed by atoms with Gasteiger partial charge in [-0.3, -0.25) is 4.79 Å². The fraction of sp³-hybridized carbons (Fsp3) is 0.933. The molecule has 7 heteroatoms. The van der Waals surface area contributed by atoms with E-state index in [2.05, 4.69) is 0 Å². The maximum atomic E-state index is 11.6. The number of hydrogen-bond donors (Lipinski definition) is 1. The largest absolute Gasteiger partial charge is 0.500 e. The fourth-order valence-electron chi connectivity index (χ4n) is 2.83. The number of carbonyl (C=O) groups is 1. The monoisotopic (exact) mass is 334 g/mol. The summed E-state index contributed by atoms with van der Waals surface area (Å²) in [7, 11) is 2.27. The molecule has 1 saturated carbocycles. The zero-order chi connectivity index (χ0) is 16.8. The molecule has 1 aliphatic rings. The topological polar surface area (TPSA) is 74.2 Å². The smallest absolute Gasteiger partial charge is 0.459 e. The number of aliphatic hydroxyl groups is 1. The Kier molecular flexibility index (Phi) is 7.99. The van der Waals surface area contributed by atoms with Crippen molar-refractivity contribution in [3.63, 3.8) is 0 Å². The van der Waals surface area contributed by atoms with Gasteiger partial charge in [0.2, 0.25) is 0 Å². The molecule has 1 fully saturated rings. The SMILES string of the molecule is CO[Si](CCC1CCC(OC(=O)C(C)C)C(O)C1)(OC)OC. The number of esters is 1. The number of rotatable bonds is 8. The highest BCUT2D eigenvalue weighted by atomic mass is 28.4. The van der Waals surface area contributed by atoms with Crippen molar-refractivity contribution >= 4 is 14.8 Å². The van der Waals surface area contributed by atoms with Crippen molar-refractivity contribution in [3.8, 4) is 0 Å². The molecule has 1 N–H and O–H groups in total. The average molecular weight is 334 g/mol. The Bertz CT molecular complexity index is 337. The molecular formula is C15H30O6Si. The van der Waals surface area contributed by atoms with E-state index < -0.39 is 14.9 Å². The second kappa shape index (κ2) is 8.98. The maximum absolute atomic E-state index is 11.6. The molecule has 0 aliphatic heterocycles. The normalized spacial score (nSPS) is 26.2. The summed E-state index contributed by atoms with van der Waals surface area (Å²) in [6.45, 7) is 3.59. The van der Waals surface area contributed by atoms with Gasteiger partial charge in [-0.25, -0.2) is 0 Å². The first-order valence-electron chi connectivity index (χ1n) is 7.91. The second-order valence-corrected chi connectivity index (χ2v) is 9.30. The van der Waals surface area contributed by atoms with Crippen LogP contribution in [0.1, 0.15) is 39.5 Å². The molecule has 0 bridgehead atoms. The molecule has 0 aromatic heterocycles. The van der Waals surface area contributed by atoms with Crippen LogP contribution >= 0.6 is 0 Å². The van der Waals surface area contributed by atoms with E-state index in [9.17, 15) is 9.90 Å². The van der Waals surface area contributed by atoms with Gasteiger partial charge in [0.15, 0.2) is 0 Å². The Morgan fingerprint density at radius 1 is 1.18 bits per heavy atom. The van der Waals surface area contributed by atoms with Crippen molar-refractivity contribution < 1.29 is 27.9 Å². The Balaban J connectivity index is 2.44. The molecule has 3 atom stereocenters. The van der Waals surface area contributed by atoms with Crippen molar-refractivity contribution in [2.45, 2.75) is 57.8 Å². The number of carbonyl (C=O) groups excluding carboxylic acids is 1. The van der Waals surface area contributed by atoms with E-state index in [0.29, 0.717) is 18.8 Å². The average Bonchev–Trinajstić information content (AvgIpc) is 2.51. The summed E-state index contributed by atoms with van der Waals surface area (Å²) in [5.41, 5.74) is 0. The summed E-state index contributed by atoms with van der Waals surface area (Å²) in [6, 6.07) is 0.727. The third-order valence-electron chi connectivity index (χ3n) is 4.39. The number of aliphatic hydroxyl groups excluding tert-OH is 1. The van der Waals surface area contributed by atoms with Crippen molar-refractivity contribution in [3.05, 3.63) is 0 Å². The van der Waals surface area contributed by atoms with E-state index in [1.165, 1.54) is 0 Å². The number of hydrogen-bond acceptors (Lipinski definition) is 6. The van der Waals surface area contributed by atoms with Crippen LogP contribution in [0.2, 0.25) is 6.04 Å². The van der Waals surface area contributed by atoms with Gasteiger partial charge in [0.1, 0.15) is 6.10 Å². The Labute approximate surface area is 134 Å². The molecular weight excluding hydrogens is 304 g/mol. The van der Waals surface area contributed by atoms with E-state index in [4.69, 9.17) is 18.0 Å². The first kappa shape index (κ1) is 19.6. The van der Waals surface area contributed by atoms with Gasteiger partial charge < -0.3 is 23.1 Å². The molecule has 3 unspecified atom stereocenters. The minimum absolute atomic E-state index is 0.165. The first-order valence-corrected chi connectivity index (χ1v) is 9.84. The molecule has 0 aromatic carbocycles. The molecule has 0 heterocycles. The van der Waals surface area contributed by atoms with Crippen molar-refractivity contribution in [2.75, 3.05) is 21.3 Å². The van der Waals surface area contributed by atoms with E-state index in [0.717, 1.165) is 18.9 Å². The van der Waals surface area contributed by atoms with E-state index >= 15 is 0 Å². The molecule has 22 heavy (non-hydrogen) atoms. The van der Waals surface area contributed by atoms with Crippen LogP contribution in [-0.4, -0.2) is 53.4 Å². The fourth-order valence-corrected chi connectivity index (χ4v) is 4.70. The minimum Gasteiger partial charge on any atom is -0.459 e. The Morgan fingerprint density at radius 3 is 2.23 bits per heavy atom. The third-order valence-corrected chi connectivity index (χ3v) is 7.16. The van der Waals surface area contributed by atoms with Gasteiger partial charge in [-0.2, -0.15) is 0 Å². The van der Waals surface area contributed by atoms with Crippen LogP contribution < -0.4 is 0 Å². The van der Waals surface area contributed by atoms with Crippen molar-refractivity contribution in [2.24, 2.45) is 11.8 Å². The summed E-state index contributed by atoms with van der Waals surface area (Å²) < 4.78 is 21.6. The molecule has 1 rings (SSSR count). The third kappa shape index (κ3) is 5.31.